The number of ether oxygens (including phenoxy) is 2. The van der Waals surface area contributed by atoms with Gasteiger partial charge in [0.05, 0.1) is 23.1 Å². The van der Waals surface area contributed by atoms with Gasteiger partial charge in [-0.2, -0.15) is 0 Å². The van der Waals surface area contributed by atoms with Crippen LogP contribution in [0.1, 0.15) is 47.7 Å². The third-order valence-electron chi connectivity index (χ3n) is 4.26. The maximum atomic E-state index is 12.8. The predicted molar refractivity (Wildman–Crippen MR) is 119 cm³/mol. The van der Waals surface area contributed by atoms with Crippen LogP contribution in [-0.4, -0.2) is 30.4 Å². The molecule has 0 aromatic heterocycles. The summed E-state index contributed by atoms with van der Waals surface area (Å²) >= 11 is 11.8. The number of ketones is 1. The zero-order valence-corrected chi connectivity index (χ0v) is 18.9. The van der Waals surface area contributed by atoms with E-state index in [1.165, 1.54) is 19.1 Å². The van der Waals surface area contributed by atoms with E-state index in [9.17, 15) is 14.4 Å². The third kappa shape index (κ3) is 7.13. The van der Waals surface area contributed by atoms with Gasteiger partial charge >= 0.3 is 11.9 Å². The second kappa shape index (κ2) is 11.5. The Morgan fingerprint density at radius 1 is 1.03 bits per heavy atom. The summed E-state index contributed by atoms with van der Waals surface area (Å²) in [5.74, 6) is 3.01. The summed E-state index contributed by atoms with van der Waals surface area (Å²) in [5, 5.41) is 0.622. The number of aryl methyl sites for hydroxylation is 1. The first-order valence-electron chi connectivity index (χ1n) is 9.63. The molecule has 0 aliphatic rings. The number of hydrogen-bond donors (Lipinski definition) is 0. The van der Waals surface area contributed by atoms with Gasteiger partial charge in [0.2, 0.25) is 0 Å². The van der Waals surface area contributed by atoms with Crippen molar-refractivity contribution in [2.45, 2.75) is 39.2 Å². The van der Waals surface area contributed by atoms with Gasteiger partial charge in [0.25, 0.3) is 0 Å². The number of benzene rings is 2. The largest absolute Gasteiger partial charge is 0.463 e. The van der Waals surface area contributed by atoms with Crippen molar-refractivity contribution in [2.24, 2.45) is 0 Å². The Balaban J connectivity index is 2.21. The Morgan fingerprint density at radius 2 is 1.77 bits per heavy atom. The first kappa shape index (κ1) is 24.5. The first-order chi connectivity index (χ1) is 14.7. The van der Waals surface area contributed by atoms with Gasteiger partial charge in [-0.3, -0.25) is 9.59 Å². The van der Waals surface area contributed by atoms with Crippen molar-refractivity contribution < 1.29 is 23.9 Å². The van der Waals surface area contributed by atoms with Gasteiger partial charge < -0.3 is 9.47 Å². The van der Waals surface area contributed by atoms with Crippen molar-refractivity contribution in [3.63, 3.8) is 0 Å². The zero-order valence-electron chi connectivity index (χ0n) is 17.4. The zero-order chi connectivity index (χ0) is 23.0. The smallest absolute Gasteiger partial charge is 0.347 e. The molecule has 0 radical (unpaired) electrons. The van der Waals surface area contributed by atoms with Crippen molar-refractivity contribution in [2.75, 3.05) is 6.61 Å². The van der Waals surface area contributed by atoms with Crippen LogP contribution >= 0.6 is 23.2 Å². The van der Waals surface area contributed by atoms with Gasteiger partial charge in [0.1, 0.15) is 5.92 Å². The van der Waals surface area contributed by atoms with Crippen LogP contribution in [0, 0.1) is 18.8 Å². The number of carbonyl (C=O) groups is 3. The van der Waals surface area contributed by atoms with Crippen LogP contribution in [0.15, 0.2) is 42.5 Å². The van der Waals surface area contributed by atoms with E-state index in [0.717, 1.165) is 5.56 Å². The molecule has 0 spiro atoms. The normalized spacial score (nSPS) is 12.2. The summed E-state index contributed by atoms with van der Waals surface area (Å²) in [6, 6.07) is 11.8. The fourth-order valence-corrected chi connectivity index (χ4v) is 2.98. The molecule has 0 N–H and O–H groups in total. The monoisotopic (exact) mass is 460 g/mol. The molecule has 162 valence electrons. The molecule has 0 saturated heterocycles. The highest BCUT2D eigenvalue weighted by Gasteiger charge is 2.26. The lowest BCUT2D eigenvalue weighted by Gasteiger charge is -2.16. The molecule has 2 aromatic carbocycles. The number of carbonyl (C=O) groups excluding carboxylic acids is 3. The van der Waals surface area contributed by atoms with E-state index in [1.807, 2.05) is 13.0 Å². The lowest BCUT2D eigenvalue weighted by molar-refractivity contribution is -0.166. The van der Waals surface area contributed by atoms with E-state index < -0.39 is 24.0 Å². The van der Waals surface area contributed by atoms with Crippen LogP contribution in [-0.2, 0) is 19.1 Å². The topological polar surface area (TPSA) is 69.7 Å². The third-order valence-corrected chi connectivity index (χ3v) is 5.00. The summed E-state index contributed by atoms with van der Waals surface area (Å²) < 4.78 is 10.1. The van der Waals surface area contributed by atoms with E-state index in [0.29, 0.717) is 16.1 Å². The predicted octanol–water partition coefficient (Wildman–Crippen LogP) is 5.16. The number of Topliss-reactive ketones (excluding diaryl/α,β-unsaturated/α-hetero) is 1. The van der Waals surface area contributed by atoms with Crippen molar-refractivity contribution in [1.82, 2.24) is 0 Å². The maximum Gasteiger partial charge on any atom is 0.347 e. The van der Waals surface area contributed by atoms with Crippen LogP contribution in [0.2, 0.25) is 10.0 Å². The SMILES string of the molecule is CCOC(=O)[C@H](C)OC(=O)[C@@H](C#CCC(=O)c1ccc(Cl)c(Cl)c1)c1cccc(C)c1. The van der Waals surface area contributed by atoms with E-state index >= 15 is 0 Å². The van der Waals surface area contributed by atoms with Crippen LogP contribution in [0.25, 0.3) is 0 Å². The number of rotatable bonds is 7. The van der Waals surface area contributed by atoms with Crippen LogP contribution < -0.4 is 0 Å². The fourth-order valence-electron chi connectivity index (χ4n) is 2.68. The fraction of sp³-hybridized carbons (Fsp3) is 0.292. The Bertz CT molecular complexity index is 1040. The highest BCUT2D eigenvalue weighted by molar-refractivity contribution is 6.42. The van der Waals surface area contributed by atoms with Gasteiger partial charge in [-0.15, -0.1) is 0 Å². The van der Waals surface area contributed by atoms with Crippen LogP contribution in [0.3, 0.4) is 0 Å². The molecular weight excluding hydrogens is 439 g/mol. The lowest BCUT2D eigenvalue weighted by atomic mass is 9.97. The molecule has 7 heteroatoms. The summed E-state index contributed by atoms with van der Waals surface area (Å²) in [6.07, 6.45) is -1.19. The molecule has 0 aliphatic carbocycles. The molecule has 2 atom stereocenters. The molecule has 0 unspecified atom stereocenters. The van der Waals surface area contributed by atoms with Gasteiger partial charge in [-0.25, -0.2) is 4.79 Å². The van der Waals surface area contributed by atoms with E-state index in [4.69, 9.17) is 32.7 Å². The lowest BCUT2D eigenvalue weighted by Crippen LogP contribution is -2.28. The second-order valence-electron chi connectivity index (χ2n) is 6.73. The minimum Gasteiger partial charge on any atom is -0.463 e. The molecule has 0 amide bonds. The van der Waals surface area contributed by atoms with Gasteiger partial charge in [0.15, 0.2) is 11.9 Å². The number of halogens is 2. The highest BCUT2D eigenvalue weighted by atomic mass is 35.5. The molecule has 0 fully saturated rings. The minimum absolute atomic E-state index is 0.124. The second-order valence-corrected chi connectivity index (χ2v) is 7.54. The van der Waals surface area contributed by atoms with E-state index in [2.05, 4.69) is 11.8 Å². The highest BCUT2D eigenvalue weighted by Crippen LogP contribution is 2.23. The van der Waals surface area contributed by atoms with Crippen molar-refractivity contribution in [3.05, 3.63) is 69.2 Å². The average molecular weight is 461 g/mol. The summed E-state index contributed by atoms with van der Waals surface area (Å²) in [6.45, 7) is 5.16. The number of esters is 2. The molecule has 2 aromatic rings. The van der Waals surface area contributed by atoms with E-state index in [-0.39, 0.29) is 23.8 Å². The summed E-state index contributed by atoms with van der Waals surface area (Å²) in [7, 11) is 0. The Hall–Kier alpha value is -2.81. The molecule has 0 saturated carbocycles. The molecule has 0 bridgehead atoms. The number of hydrogen-bond acceptors (Lipinski definition) is 5. The minimum atomic E-state index is -1.07. The molecule has 2 rings (SSSR count). The van der Waals surface area contributed by atoms with E-state index in [1.54, 1.807) is 31.2 Å². The van der Waals surface area contributed by atoms with Gasteiger partial charge in [-0.05, 0) is 44.5 Å². The molecule has 31 heavy (non-hydrogen) atoms. The van der Waals surface area contributed by atoms with Crippen LogP contribution in [0.4, 0.5) is 0 Å². The summed E-state index contributed by atoms with van der Waals surface area (Å²) in [4.78, 5) is 37.0. The molecular formula is C24H22Cl2O5. The first-order valence-corrected chi connectivity index (χ1v) is 10.4. The van der Waals surface area contributed by atoms with Crippen molar-refractivity contribution in [1.29, 1.82) is 0 Å². The van der Waals surface area contributed by atoms with Crippen molar-refractivity contribution in [3.8, 4) is 11.8 Å². The molecule has 0 aliphatic heterocycles. The summed E-state index contributed by atoms with van der Waals surface area (Å²) in [5.41, 5.74) is 1.91. The van der Waals surface area contributed by atoms with Crippen LogP contribution in [0.5, 0.6) is 0 Å². The average Bonchev–Trinajstić information content (AvgIpc) is 2.73. The molecule has 5 nitrogen and oxygen atoms in total. The van der Waals surface area contributed by atoms with Crippen molar-refractivity contribution >= 4 is 40.9 Å². The van der Waals surface area contributed by atoms with Gasteiger partial charge in [0, 0.05) is 5.56 Å². The molecule has 0 heterocycles. The van der Waals surface area contributed by atoms with Gasteiger partial charge in [-0.1, -0.05) is 64.9 Å². The standard InChI is InChI=1S/C24H22Cl2O5/c1-4-30-23(28)16(3)31-24(29)19(17-8-5-7-15(2)13-17)9-6-10-22(27)18-11-12-20(25)21(26)14-18/h5,7-8,11-14,16,19H,4,10H2,1-3H3/t16-,19-/m0/s1. The maximum absolute atomic E-state index is 12.8. The Morgan fingerprint density at radius 3 is 2.42 bits per heavy atom. The quantitative estimate of drug-likeness (QED) is 0.324. The Labute approximate surface area is 191 Å². The Kier molecular flexibility index (Phi) is 9.11.